The van der Waals surface area contributed by atoms with E-state index in [2.05, 4.69) is 10.6 Å². The van der Waals surface area contributed by atoms with E-state index < -0.39 is 48.8 Å². The molecule has 0 spiro atoms. The molecular weight excluding hydrogens is 550 g/mol. The Labute approximate surface area is 245 Å². The summed E-state index contributed by atoms with van der Waals surface area (Å²) in [6.07, 6.45) is -0.471. The molecular formula is C30H34ClN3O7. The van der Waals surface area contributed by atoms with Gasteiger partial charge in [0.1, 0.15) is 19.3 Å². The molecule has 3 rings (SSSR count). The van der Waals surface area contributed by atoms with Crippen LogP contribution < -0.4 is 16.4 Å². The summed E-state index contributed by atoms with van der Waals surface area (Å²) in [6.45, 7) is -0.418. The predicted molar refractivity (Wildman–Crippen MR) is 153 cm³/mol. The number of hydrogen-bond acceptors (Lipinski definition) is 8. The lowest BCUT2D eigenvalue weighted by Crippen LogP contribution is -2.54. The van der Waals surface area contributed by atoms with Gasteiger partial charge in [-0.15, -0.1) is 12.4 Å². The maximum atomic E-state index is 13.2. The van der Waals surface area contributed by atoms with E-state index in [0.29, 0.717) is 0 Å². The number of amides is 2. The Morgan fingerprint density at radius 1 is 0.659 bits per heavy atom. The van der Waals surface area contributed by atoms with Gasteiger partial charge in [-0.2, -0.15) is 0 Å². The second-order valence-corrected chi connectivity index (χ2v) is 8.83. The molecule has 11 heteroatoms. The Hall–Kier alpha value is -4.25. The highest BCUT2D eigenvalue weighted by Crippen LogP contribution is 2.07. The molecule has 41 heavy (non-hydrogen) atoms. The van der Waals surface area contributed by atoms with Gasteiger partial charge >= 0.3 is 11.9 Å². The van der Waals surface area contributed by atoms with Gasteiger partial charge in [0.2, 0.25) is 11.8 Å². The fraction of sp³-hybridized carbons (Fsp3) is 0.267. The molecule has 2 atom stereocenters. The zero-order valence-electron chi connectivity index (χ0n) is 22.4. The average molecular weight is 584 g/mol. The van der Waals surface area contributed by atoms with E-state index >= 15 is 0 Å². The summed E-state index contributed by atoms with van der Waals surface area (Å²) in [5, 5.41) is 4.96. The number of esters is 2. The highest BCUT2D eigenvalue weighted by molar-refractivity contribution is 5.93. The number of rotatable bonds is 15. The van der Waals surface area contributed by atoms with Crippen molar-refractivity contribution in [1.29, 1.82) is 0 Å². The van der Waals surface area contributed by atoms with Gasteiger partial charge in [0, 0.05) is 0 Å². The van der Waals surface area contributed by atoms with E-state index in [0.717, 1.165) is 16.7 Å². The number of halogens is 1. The molecule has 0 saturated heterocycles. The fourth-order valence-electron chi connectivity index (χ4n) is 3.57. The van der Waals surface area contributed by atoms with Crippen molar-refractivity contribution in [3.8, 4) is 0 Å². The van der Waals surface area contributed by atoms with Crippen LogP contribution in [0.3, 0.4) is 0 Å². The van der Waals surface area contributed by atoms with Crippen molar-refractivity contribution in [3.63, 3.8) is 0 Å². The van der Waals surface area contributed by atoms with Crippen LogP contribution in [0.2, 0.25) is 0 Å². The number of benzene rings is 3. The number of hydrogen-bond donors (Lipinski definition) is 3. The van der Waals surface area contributed by atoms with Gasteiger partial charge in [-0.25, -0.2) is 4.79 Å². The highest BCUT2D eigenvalue weighted by atomic mass is 35.5. The molecule has 218 valence electrons. The van der Waals surface area contributed by atoms with Crippen LogP contribution in [0, 0.1) is 0 Å². The van der Waals surface area contributed by atoms with Crippen molar-refractivity contribution in [1.82, 2.24) is 10.6 Å². The molecule has 0 fully saturated rings. The van der Waals surface area contributed by atoms with Crippen LogP contribution in [0.15, 0.2) is 91.0 Å². The van der Waals surface area contributed by atoms with Gasteiger partial charge in [0.15, 0.2) is 6.04 Å². The minimum atomic E-state index is -1.34. The maximum Gasteiger partial charge on any atom is 0.331 e. The molecule has 10 nitrogen and oxygen atoms in total. The lowest BCUT2D eigenvalue weighted by Gasteiger charge is -2.22. The summed E-state index contributed by atoms with van der Waals surface area (Å²) in [7, 11) is 0. The topological polar surface area (TPSA) is 146 Å². The van der Waals surface area contributed by atoms with Crippen molar-refractivity contribution in [3.05, 3.63) is 108 Å². The van der Waals surface area contributed by atoms with Crippen molar-refractivity contribution >= 4 is 36.2 Å². The van der Waals surface area contributed by atoms with Crippen molar-refractivity contribution < 1.29 is 33.4 Å². The van der Waals surface area contributed by atoms with Gasteiger partial charge in [0.25, 0.3) is 0 Å². The zero-order valence-corrected chi connectivity index (χ0v) is 23.2. The van der Waals surface area contributed by atoms with Gasteiger partial charge < -0.3 is 30.6 Å². The molecule has 0 saturated carbocycles. The summed E-state index contributed by atoms with van der Waals surface area (Å²) in [5.74, 6) is -2.89. The first-order valence-corrected chi connectivity index (χ1v) is 12.8. The Kier molecular flexibility index (Phi) is 14.6. The third-order valence-electron chi connectivity index (χ3n) is 5.67. The molecule has 0 unspecified atom stereocenters. The summed E-state index contributed by atoms with van der Waals surface area (Å²) >= 11 is 0. The van der Waals surface area contributed by atoms with E-state index in [1.807, 2.05) is 54.6 Å². The zero-order chi connectivity index (χ0) is 28.6. The quantitative estimate of drug-likeness (QED) is 0.231. The van der Waals surface area contributed by atoms with Crippen LogP contribution in [0.5, 0.6) is 0 Å². The van der Waals surface area contributed by atoms with Crippen LogP contribution in [0.1, 0.15) is 23.1 Å². The SMILES string of the molecule is Cl.NCC(=O)N[C@H](CC(=O)OCc1ccccc1)C(=O)N[C@@H](COCc1ccccc1)C(=O)OCc1ccccc1. The standard InChI is InChI=1S/C30H33N3O7.ClH/c31-17-27(34)32-25(16-28(35)39-19-23-12-6-2-7-13-23)29(36)33-26(21-38-18-22-10-4-1-5-11-22)30(37)40-20-24-14-8-3-9-15-24;/h1-15,25-26H,16-21,31H2,(H,32,34)(H,33,36);1H/t25-,26+;/m1./s1. The largest absolute Gasteiger partial charge is 0.461 e. The molecule has 0 heterocycles. The van der Waals surface area contributed by atoms with Crippen LogP contribution in [0.25, 0.3) is 0 Å². The second kappa shape index (κ2) is 18.2. The van der Waals surface area contributed by atoms with Crippen molar-refractivity contribution in [2.24, 2.45) is 5.73 Å². The number of carbonyl (C=O) groups excluding carboxylic acids is 4. The Morgan fingerprint density at radius 2 is 1.15 bits per heavy atom. The smallest absolute Gasteiger partial charge is 0.331 e. The Morgan fingerprint density at radius 3 is 1.66 bits per heavy atom. The number of nitrogens with two attached hydrogens (primary N) is 1. The summed E-state index contributed by atoms with van der Waals surface area (Å²) in [6, 6.07) is 24.8. The molecule has 4 N–H and O–H groups in total. The lowest BCUT2D eigenvalue weighted by atomic mass is 10.1. The monoisotopic (exact) mass is 583 g/mol. The first-order chi connectivity index (χ1) is 19.4. The van der Waals surface area contributed by atoms with Crippen molar-refractivity contribution in [2.45, 2.75) is 38.3 Å². The molecule has 0 aliphatic carbocycles. The number of ether oxygens (including phenoxy) is 3. The number of carbonyl (C=O) groups is 4. The summed E-state index contributed by atoms with van der Waals surface area (Å²) in [5.41, 5.74) is 7.80. The minimum Gasteiger partial charge on any atom is -0.461 e. The van der Waals surface area contributed by atoms with E-state index in [1.54, 1.807) is 36.4 Å². The van der Waals surface area contributed by atoms with Gasteiger partial charge in [0.05, 0.1) is 26.2 Å². The fourth-order valence-corrected chi connectivity index (χ4v) is 3.57. The molecule has 0 aliphatic rings. The lowest BCUT2D eigenvalue weighted by molar-refractivity contribution is -0.151. The van der Waals surface area contributed by atoms with Crippen molar-refractivity contribution in [2.75, 3.05) is 13.2 Å². The van der Waals surface area contributed by atoms with Crippen LogP contribution in [-0.4, -0.2) is 49.0 Å². The normalized spacial score (nSPS) is 11.7. The molecule has 0 aliphatic heterocycles. The van der Waals surface area contributed by atoms with Crippen LogP contribution >= 0.6 is 12.4 Å². The predicted octanol–water partition coefficient (Wildman–Crippen LogP) is 2.43. The molecule has 3 aromatic carbocycles. The Balaban J connectivity index is 0.00000588. The first kappa shape index (κ1) is 33.0. The van der Waals surface area contributed by atoms with Gasteiger partial charge in [-0.1, -0.05) is 91.0 Å². The van der Waals surface area contributed by atoms with E-state index in [-0.39, 0.29) is 38.8 Å². The van der Waals surface area contributed by atoms with Gasteiger partial charge in [-0.05, 0) is 16.7 Å². The first-order valence-electron chi connectivity index (χ1n) is 12.8. The maximum absolute atomic E-state index is 13.2. The number of nitrogens with one attached hydrogen (secondary N) is 2. The van der Waals surface area contributed by atoms with Gasteiger partial charge in [-0.3, -0.25) is 14.4 Å². The summed E-state index contributed by atoms with van der Waals surface area (Å²) in [4.78, 5) is 50.7. The molecule has 0 radical (unpaired) electrons. The highest BCUT2D eigenvalue weighted by Gasteiger charge is 2.30. The van der Waals surface area contributed by atoms with E-state index in [1.165, 1.54) is 0 Å². The minimum absolute atomic E-state index is 0. The van der Waals surface area contributed by atoms with E-state index in [9.17, 15) is 19.2 Å². The molecule has 0 bridgehead atoms. The average Bonchev–Trinajstić information content (AvgIpc) is 2.99. The molecule has 0 aromatic heterocycles. The molecule has 2 amide bonds. The molecule has 3 aromatic rings. The third kappa shape index (κ3) is 12.2. The third-order valence-corrected chi connectivity index (χ3v) is 5.67. The van der Waals surface area contributed by atoms with Crippen LogP contribution in [-0.2, 0) is 53.2 Å². The van der Waals surface area contributed by atoms with E-state index in [4.69, 9.17) is 19.9 Å². The Bertz CT molecular complexity index is 1230. The summed E-state index contributed by atoms with van der Waals surface area (Å²) < 4.78 is 16.4. The van der Waals surface area contributed by atoms with Crippen LogP contribution in [0.4, 0.5) is 0 Å². The second-order valence-electron chi connectivity index (χ2n) is 8.83.